The van der Waals surface area contributed by atoms with E-state index in [0.29, 0.717) is 13.2 Å². The van der Waals surface area contributed by atoms with Crippen LogP contribution in [0.2, 0.25) is 0 Å². The third-order valence-corrected chi connectivity index (χ3v) is 6.49. The normalized spacial score (nSPS) is 18.9. The number of ether oxygens (including phenoxy) is 1. The Kier molecular flexibility index (Phi) is 9.61. The molecule has 1 aromatic heterocycles. The molecule has 2 fully saturated rings. The lowest BCUT2D eigenvalue weighted by molar-refractivity contribution is -0.124. The molecule has 4 rings (SSSR count). The summed E-state index contributed by atoms with van der Waals surface area (Å²) in [4.78, 5) is 21.9. The number of hydrogen-bond donors (Lipinski definition) is 2. The van der Waals surface area contributed by atoms with Gasteiger partial charge in [0, 0.05) is 45.0 Å². The number of nitrogens with one attached hydrogen (secondary N) is 2. The van der Waals surface area contributed by atoms with Crippen molar-refractivity contribution in [1.29, 1.82) is 0 Å². The molecule has 9 heteroatoms. The fourth-order valence-corrected chi connectivity index (χ4v) is 4.72. The SMILES string of the molecule is CCNC(=NCc1cccc(NC(=O)C2CCCO2)c1)N1CCN(c2cccs2)CC1.I. The van der Waals surface area contributed by atoms with Crippen LogP contribution < -0.4 is 15.5 Å². The number of halogens is 1. The topological polar surface area (TPSA) is 69.2 Å². The highest BCUT2D eigenvalue weighted by Gasteiger charge is 2.23. The summed E-state index contributed by atoms with van der Waals surface area (Å²) in [5.74, 6) is 0.886. The summed E-state index contributed by atoms with van der Waals surface area (Å²) in [6.07, 6.45) is 1.42. The summed E-state index contributed by atoms with van der Waals surface area (Å²) in [5, 5.41) is 9.87. The number of guanidine groups is 1. The summed E-state index contributed by atoms with van der Waals surface area (Å²) >= 11 is 1.79. The smallest absolute Gasteiger partial charge is 0.253 e. The molecule has 7 nitrogen and oxygen atoms in total. The predicted molar refractivity (Wildman–Crippen MR) is 142 cm³/mol. The lowest BCUT2D eigenvalue weighted by Gasteiger charge is -2.37. The number of anilines is 2. The molecule has 1 aromatic carbocycles. The predicted octanol–water partition coefficient (Wildman–Crippen LogP) is 3.77. The lowest BCUT2D eigenvalue weighted by atomic mass is 10.2. The van der Waals surface area contributed by atoms with Gasteiger partial charge in [0.2, 0.25) is 0 Å². The minimum absolute atomic E-state index is 0. The zero-order chi connectivity index (χ0) is 21.5. The number of piperazine rings is 1. The monoisotopic (exact) mass is 569 g/mol. The molecule has 0 saturated carbocycles. The minimum Gasteiger partial charge on any atom is -0.368 e. The van der Waals surface area contributed by atoms with E-state index in [1.807, 2.05) is 24.3 Å². The highest BCUT2D eigenvalue weighted by molar-refractivity contribution is 14.0. The summed E-state index contributed by atoms with van der Waals surface area (Å²) < 4.78 is 5.47. The molecule has 2 N–H and O–H groups in total. The van der Waals surface area contributed by atoms with Crippen LogP contribution in [0.4, 0.5) is 10.7 Å². The third-order valence-electron chi connectivity index (χ3n) is 5.56. The minimum atomic E-state index is -0.324. The summed E-state index contributed by atoms with van der Waals surface area (Å²) in [5.41, 5.74) is 1.86. The third kappa shape index (κ3) is 6.58. The first-order chi connectivity index (χ1) is 15.2. The van der Waals surface area contributed by atoms with Gasteiger partial charge in [-0.15, -0.1) is 35.3 Å². The van der Waals surface area contributed by atoms with Crippen LogP contribution in [0, 0.1) is 0 Å². The number of nitrogens with zero attached hydrogens (tertiary/aromatic N) is 3. The van der Waals surface area contributed by atoms with Gasteiger partial charge in [-0.25, -0.2) is 4.99 Å². The Morgan fingerprint density at radius 2 is 2.06 bits per heavy atom. The van der Waals surface area contributed by atoms with Crippen LogP contribution in [0.3, 0.4) is 0 Å². The van der Waals surface area contributed by atoms with Crippen molar-refractivity contribution in [3.63, 3.8) is 0 Å². The second-order valence-corrected chi connectivity index (χ2v) is 8.71. The molecule has 0 spiro atoms. The lowest BCUT2D eigenvalue weighted by Crippen LogP contribution is -2.52. The molecule has 2 aromatic rings. The maximum absolute atomic E-state index is 12.3. The first-order valence-corrected chi connectivity index (χ1v) is 11.9. The van der Waals surface area contributed by atoms with Gasteiger partial charge in [0.15, 0.2) is 5.96 Å². The molecule has 32 heavy (non-hydrogen) atoms. The standard InChI is InChI=1S/C23H31N5O2S.HI/c1-2-24-23(28-12-10-27(11-13-28)21-9-5-15-31-21)25-17-18-6-3-7-19(16-18)26-22(29)20-8-4-14-30-20;/h3,5-7,9,15-16,20H,2,4,8,10-14,17H2,1H3,(H,24,25)(H,26,29);1H. The van der Waals surface area contributed by atoms with E-state index in [1.54, 1.807) is 11.3 Å². The molecule has 174 valence electrons. The molecule has 0 aliphatic carbocycles. The number of carbonyl (C=O) groups is 1. The average Bonchev–Trinajstić information content (AvgIpc) is 3.52. The zero-order valence-corrected chi connectivity index (χ0v) is 21.6. The fraction of sp³-hybridized carbons (Fsp3) is 0.478. The van der Waals surface area contributed by atoms with Crippen molar-refractivity contribution in [3.8, 4) is 0 Å². The van der Waals surface area contributed by atoms with Gasteiger partial charge in [-0.1, -0.05) is 12.1 Å². The molecule has 1 unspecified atom stereocenters. The van der Waals surface area contributed by atoms with Crippen molar-refractivity contribution in [3.05, 3.63) is 47.3 Å². The Morgan fingerprint density at radius 1 is 1.22 bits per heavy atom. The average molecular weight is 570 g/mol. The first kappa shape index (κ1) is 24.8. The zero-order valence-electron chi connectivity index (χ0n) is 18.5. The second-order valence-electron chi connectivity index (χ2n) is 7.79. The summed E-state index contributed by atoms with van der Waals surface area (Å²) in [6.45, 7) is 8.05. The Bertz CT molecular complexity index is 878. The highest BCUT2D eigenvalue weighted by atomic mass is 127. The van der Waals surface area contributed by atoms with Crippen LogP contribution in [0.1, 0.15) is 25.3 Å². The van der Waals surface area contributed by atoms with Crippen molar-refractivity contribution in [2.75, 3.05) is 49.5 Å². The van der Waals surface area contributed by atoms with Crippen LogP contribution in [-0.4, -0.2) is 62.2 Å². The maximum atomic E-state index is 12.3. The van der Waals surface area contributed by atoms with E-state index in [0.717, 1.165) is 62.8 Å². The van der Waals surface area contributed by atoms with Gasteiger partial charge in [-0.3, -0.25) is 4.79 Å². The molecular weight excluding hydrogens is 537 g/mol. The number of amides is 1. The van der Waals surface area contributed by atoms with Gasteiger partial charge in [0.25, 0.3) is 5.91 Å². The van der Waals surface area contributed by atoms with Gasteiger partial charge in [0.05, 0.1) is 11.5 Å². The molecule has 2 saturated heterocycles. The van der Waals surface area contributed by atoms with Crippen molar-refractivity contribution in [1.82, 2.24) is 10.2 Å². The molecule has 0 radical (unpaired) electrons. The van der Waals surface area contributed by atoms with Crippen molar-refractivity contribution >= 4 is 57.9 Å². The fourth-order valence-electron chi connectivity index (χ4n) is 3.94. The number of hydrogen-bond acceptors (Lipinski definition) is 5. The van der Waals surface area contributed by atoms with E-state index in [1.165, 1.54) is 5.00 Å². The van der Waals surface area contributed by atoms with E-state index < -0.39 is 0 Å². The van der Waals surface area contributed by atoms with Gasteiger partial charge >= 0.3 is 0 Å². The Hall–Kier alpha value is -1.85. The molecule has 3 heterocycles. The number of rotatable bonds is 6. The van der Waals surface area contributed by atoms with Gasteiger partial charge in [0.1, 0.15) is 6.10 Å². The number of benzene rings is 1. The van der Waals surface area contributed by atoms with E-state index in [4.69, 9.17) is 9.73 Å². The highest BCUT2D eigenvalue weighted by Crippen LogP contribution is 2.22. The van der Waals surface area contributed by atoms with Crippen LogP contribution in [0.25, 0.3) is 0 Å². The van der Waals surface area contributed by atoms with E-state index >= 15 is 0 Å². The van der Waals surface area contributed by atoms with Crippen molar-refractivity contribution in [2.45, 2.75) is 32.4 Å². The van der Waals surface area contributed by atoms with Crippen LogP contribution in [0.15, 0.2) is 46.8 Å². The Balaban J connectivity index is 0.00000289. The van der Waals surface area contributed by atoms with Crippen LogP contribution in [-0.2, 0) is 16.1 Å². The second kappa shape index (κ2) is 12.4. The largest absolute Gasteiger partial charge is 0.368 e. The summed E-state index contributed by atoms with van der Waals surface area (Å²) in [6, 6.07) is 12.2. The van der Waals surface area contributed by atoms with Gasteiger partial charge < -0.3 is 25.2 Å². The quantitative estimate of drug-likeness (QED) is 0.315. The number of aliphatic imine (C=N–C) groups is 1. The molecule has 2 aliphatic rings. The van der Waals surface area contributed by atoms with Crippen LogP contribution >= 0.6 is 35.3 Å². The Morgan fingerprint density at radius 3 is 2.75 bits per heavy atom. The maximum Gasteiger partial charge on any atom is 0.253 e. The summed E-state index contributed by atoms with van der Waals surface area (Å²) in [7, 11) is 0. The molecule has 1 amide bonds. The van der Waals surface area contributed by atoms with E-state index in [-0.39, 0.29) is 36.0 Å². The molecule has 2 aliphatic heterocycles. The number of carbonyl (C=O) groups excluding carboxylic acids is 1. The number of thiophene rings is 1. The van der Waals surface area contributed by atoms with Crippen LogP contribution in [0.5, 0.6) is 0 Å². The van der Waals surface area contributed by atoms with Crippen molar-refractivity contribution < 1.29 is 9.53 Å². The molecular formula is C23H32IN5O2S. The van der Waals surface area contributed by atoms with E-state index in [2.05, 4.69) is 44.9 Å². The molecule has 1 atom stereocenters. The van der Waals surface area contributed by atoms with Crippen molar-refractivity contribution in [2.24, 2.45) is 4.99 Å². The molecule has 0 bridgehead atoms. The van der Waals surface area contributed by atoms with Gasteiger partial charge in [-0.2, -0.15) is 0 Å². The van der Waals surface area contributed by atoms with E-state index in [9.17, 15) is 4.79 Å². The first-order valence-electron chi connectivity index (χ1n) is 11.1. The Labute approximate surface area is 211 Å². The van der Waals surface area contributed by atoms with Gasteiger partial charge in [-0.05, 0) is 55.0 Å².